The molecule has 0 aromatic carbocycles. The van der Waals surface area contributed by atoms with Crippen molar-refractivity contribution in [3.8, 4) is 0 Å². The molecule has 1 heterocycles. The molecule has 2 fully saturated rings. The number of hydrogen-bond acceptors (Lipinski definition) is 5. The van der Waals surface area contributed by atoms with Gasteiger partial charge in [-0.2, -0.15) is 0 Å². The van der Waals surface area contributed by atoms with E-state index in [0.717, 1.165) is 0 Å². The summed E-state index contributed by atoms with van der Waals surface area (Å²) < 4.78 is 15.2. The fourth-order valence-corrected chi connectivity index (χ4v) is 1.98. The van der Waals surface area contributed by atoms with Gasteiger partial charge in [-0.05, 0) is 0 Å². The summed E-state index contributed by atoms with van der Waals surface area (Å²) in [6, 6.07) is 0. The Hall–Kier alpha value is -0.200. The molecule has 1 saturated carbocycles. The Labute approximate surface area is 76.2 Å². The lowest BCUT2D eigenvalue weighted by Crippen LogP contribution is -2.54. The first-order valence-electron chi connectivity index (χ1n) is 4.20. The van der Waals surface area contributed by atoms with E-state index in [1.165, 1.54) is 14.2 Å². The summed E-state index contributed by atoms with van der Waals surface area (Å²) in [6.45, 7) is 0.259. The van der Waals surface area contributed by atoms with Gasteiger partial charge in [0.25, 0.3) is 0 Å². The van der Waals surface area contributed by atoms with Gasteiger partial charge in [0.05, 0.1) is 6.61 Å². The lowest BCUT2D eigenvalue weighted by molar-refractivity contribution is -0.265. The number of hydrogen-bond donors (Lipinski definition) is 2. The van der Waals surface area contributed by atoms with E-state index >= 15 is 0 Å². The summed E-state index contributed by atoms with van der Waals surface area (Å²) in [5.74, 6) is 0. The molecular formula is C8H14O5. The highest BCUT2D eigenvalue weighted by Crippen LogP contribution is 2.56. The van der Waals surface area contributed by atoms with Crippen LogP contribution in [0, 0.1) is 0 Å². The van der Waals surface area contributed by atoms with Crippen LogP contribution in [-0.2, 0) is 14.2 Å². The molecule has 2 aliphatic rings. The molecule has 4 unspecified atom stereocenters. The van der Waals surface area contributed by atoms with Gasteiger partial charge < -0.3 is 24.4 Å². The number of methoxy groups -OCH3 is 2. The van der Waals surface area contributed by atoms with E-state index in [2.05, 4.69) is 0 Å². The van der Waals surface area contributed by atoms with Crippen LogP contribution in [0.1, 0.15) is 6.42 Å². The summed E-state index contributed by atoms with van der Waals surface area (Å²) >= 11 is 0. The Kier molecular flexibility index (Phi) is 1.91. The van der Waals surface area contributed by atoms with Crippen molar-refractivity contribution in [3.05, 3.63) is 0 Å². The molecule has 0 aromatic rings. The zero-order valence-electron chi connectivity index (χ0n) is 7.69. The zero-order chi connectivity index (χ0) is 9.69. The summed E-state index contributed by atoms with van der Waals surface area (Å²) in [4.78, 5) is 0. The van der Waals surface area contributed by atoms with Crippen LogP contribution in [0.25, 0.3) is 0 Å². The molecule has 4 atom stereocenters. The first-order valence-corrected chi connectivity index (χ1v) is 4.20. The second-order valence-corrected chi connectivity index (χ2v) is 3.66. The summed E-state index contributed by atoms with van der Waals surface area (Å²) in [7, 11) is 2.93. The average molecular weight is 190 g/mol. The second-order valence-electron chi connectivity index (χ2n) is 3.66. The molecule has 13 heavy (non-hydrogen) atoms. The van der Waals surface area contributed by atoms with Crippen molar-refractivity contribution in [2.75, 3.05) is 20.8 Å². The number of aliphatic hydroxyl groups is 2. The van der Waals surface area contributed by atoms with E-state index in [4.69, 9.17) is 14.2 Å². The Bertz CT molecular complexity index is 221. The van der Waals surface area contributed by atoms with Crippen LogP contribution in [-0.4, -0.2) is 54.6 Å². The van der Waals surface area contributed by atoms with E-state index in [1.54, 1.807) is 0 Å². The van der Waals surface area contributed by atoms with E-state index in [1.807, 2.05) is 0 Å². The minimum Gasteiger partial charge on any atom is -0.385 e. The van der Waals surface area contributed by atoms with E-state index in [0.29, 0.717) is 6.42 Å². The summed E-state index contributed by atoms with van der Waals surface area (Å²) in [6.07, 6.45) is -1.39. The number of ether oxygens (including phenoxy) is 3. The highest BCUT2D eigenvalue weighted by atomic mass is 16.7. The molecule has 2 rings (SSSR count). The van der Waals surface area contributed by atoms with Gasteiger partial charge in [0, 0.05) is 20.6 Å². The molecule has 1 aliphatic carbocycles. The molecular weight excluding hydrogens is 176 g/mol. The Morgan fingerprint density at radius 2 is 2.15 bits per heavy atom. The molecule has 1 saturated heterocycles. The molecule has 5 heteroatoms. The van der Waals surface area contributed by atoms with Crippen molar-refractivity contribution < 1.29 is 24.4 Å². The SMILES string of the molecule is COC1OCC2(OC)CC2(O)C1O. The van der Waals surface area contributed by atoms with Crippen LogP contribution in [0.15, 0.2) is 0 Å². The molecule has 0 spiro atoms. The van der Waals surface area contributed by atoms with Crippen LogP contribution in [0.4, 0.5) is 0 Å². The van der Waals surface area contributed by atoms with Gasteiger partial charge in [-0.1, -0.05) is 0 Å². The Morgan fingerprint density at radius 3 is 2.69 bits per heavy atom. The van der Waals surface area contributed by atoms with Gasteiger partial charge in [-0.3, -0.25) is 0 Å². The molecule has 76 valence electrons. The van der Waals surface area contributed by atoms with Crippen LogP contribution < -0.4 is 0 Å². The van der Waals surface area contributed by atoms with E-state index in [-0.39, 0.29) is 6.61 Å². The second kappa shape index (κ2) is 2.65. The largest absolute Gasteiger partial charge is 0.385 e. The topological polar surface area (TPSA) is 68.2 Å². The highest BCUT2D eigenvalue weighted by Gasteiger charge is 2.76. The molecule has 0 bridgehead atoms. The summed E-state index contributed by atoms with van der Waals surface area (Å²) in [5.41, 5.74) is -1.91. The monoisotopic (exact) mass is 190 g/mol. The van der Waals surface area contributed by atoms with Crippen molar-refractivity contribution in [2.24, 2.45) is 0 Å². The third-order valence-corrected chi connectivity index (χ3v) is 3.07. The van der Waals surface area contributed by atoms with Gasteiger partial charge in [0.2, 0.25) is 0 Å². The first kappa shape index (κ1) is 9.36. The van der Waals surface area contributed by atoms with Crippen molar-refractivity contribution in [1.29, 1.82) is 0 Å². The van der Waals surface area contributed by atoms with Crippen molar-refractivity contribution in [2.45, 2.75) is 30.0 Å². The first-order chi connectivity index (χ1) is 6.09. The summed E-state index contributed by atoms with van der Waals surface area (Å²) in [5, 5.41) is 19.6. The number of fused-ring (bicyclic) bond motifs is 1. The Morgan fingerprint density at radius 1 is 1.46 bits per heavy atom. The van der Waals surface area contributed by atoms with Crippen molar-refractivity contribution in [3.63, 3.8) is 0 Å². The third kappa shape index (κ3) is 0.992. The maximum absolute atomic E-state index is 9.93. The molecule has 5 nitrogen and oxygen atoms in total. The fourth-order valence-electron chi connectivity index (χ4n) is 1.98. The third-order valence-electron chi connectivity index (χ3n) is 3.07. The maximum atomic E-state index is 9.93. The quantitative estimate of drug-likeness (QED) is 0.576. The predicted molar refractivity (Wildman–Crippen MR) is 42.1 cm³/mol. The van der Waals surface area contributed by atoms with Crippen LogP contribution in [0.2, 0.25) is 0 Å². The molecule has 2 N–H and O–H groups in total. The Balaban J connectivity index is 2.15. The predicted octanol–water partition coefficient (Wildman–Crippen LogP) is -1.13. The average Bonchev–Trinajstić information content (AvgIpc) is 2.76. The zero-order valence-corrected chi connectivity index (χ0v) is 7.69. The maximum Gasteiger partial charge on any atom is 0.186 e. The van der Waals surface area contributed by atoms with Gasteiger partial charge >= 0.3 is 0 Å². The smallest absolute Gasteiger partial charge is 0.186 e. The fraction of sp³-hybridized carbons (Fsp3) is 1.00. The van der Waals surface area contributed by atoms with Crippen molar-refractivity contribution in [1.82, 2.24) is 0 Å². The van der Waals surface area contributed by atoms with E-state index in [9.17, 15) is 10.2 Å². The molecule has 1 aliphatic heterocycles. The minimum absolute atomic E-state index is 0.259. The van der Waals surface area contributed by atoms with Crippen molar-refractivity contribution >= 4 is 0 Å². The minimum atomic E-state index is -1.19. The molecule has 0 amide bonds. The van der Waals surface area contributed by atoms with Crippen LogP contribution >= 0.6 is 0 Å². The number of rotatable bonds is 2. The van der Waals surface area contributed by atoms with Crippen LogP contribution in [0.5, 0.6) is 0 Å². The lowest BCUT2D eigenvalue weighted by Gasteiger charge is -2.35. The van der Waals surface area contributed by atoms with Gasteiger partial charge in [-0.15, -0.1) is 0 Å². The van der Waals surface area contributed by atoms with Crippen LogP contribution in [0.3, 0.4) is 0 Å². The molecule has 0 aromatic heterocycles. The normalized spacial score (nSPS) is 54.5. The van der Waals surface area contributed by atoms with E-state index < -0.39 is 23.6 Å². The highest BCUT2D eigenvalue weighted by molar-refractivity contribution is 5.25. The van der Waals surface area contributed by atoms with Gasteiger partial charge in [0.15, 0.2) is 6.29 Å². The molecule has 0 radical (unpaired) electrons. The standard InChI is InChI=1S/C8H14O5/c1-11-6-5(9)8(10)3-7(8,12-2)4-13-6/h5-6,9-10H,3-4H2,1-2H3. The lowest BCUT2D eigenvalue weighted by atomic mass is 10.1. The number of aliphatic hydroxyl groups excluding tert-OH is 1. The van der Waals surface area contributed by atoms with Gasteiger partial charge in [-0.25, -0.2) is 0 Å². The van der Waals surface area contributed by atoms with Gasteiger partial charge in [0.1, 0.15) is 17.3 Å².